The number of halogens is 1. The summed E-state index contributed by atoms with van der Waals surface area (Å²) in [6.07, 6.45) is 1.57. The van der Waals surface area contributed by atoms with Gasteiger partial charge in [-0.2, -0.15) is 0 Å². The summed E-state index contributed by atoms with van der Waals surface area (Å²) in [7, 11) is 0. The second-order valence-corrected chi connectivity index (χ2v) is 1.55. The van der Waals surface area contributed by atoms with Crippen LogP contribution >= 0.6 is 11.9 Å². The molecule has 0 amide bonds. The Balaban J connectivity index is 0.000000640. The Morgan fingerprint density at radius 2 is 2.44 bits per heavy atom. The van der Waals surface area contributed by atoms with Crippen LogP contribution in [0.5, 0.6) is 0 Å². The molecular weight excluding hydrogens is 175 g/mol. The number of hydrogen-bond donors (Lipinski definition) is 0. The van der Waals surface area contributed by atoms with Crippen LogP contribution in [0.3, 0.4) is 0 Å². The van der Waals surface area contributed by atoms with Crippen molar-refractivity contribution in [1.29, 1.82) is 0 Å². The minimum atomic E-state index is 0. The average Bonchev–Trinajstić information content (AvgIpc) is 2.19. The third-order valence-electron chi connectivity index (χ3n) is 0.777. The van der Waals surface area contributed by atoms with Gasteiger partial charge in [0.05, 0.1) is 18.1 Å². The molecule has 1 aromatic heterocycles. The van der Waals surface area contributed by atoms with Crippen molar-refractivity contribution in [1.82, 2.24) is 0 Å². The first-order chi connectivity index (χ1) is 3.93. The molecule has 1 rings (SSSR count). The second-order valence-electron chi connectivity index (χ2n) is 1.33. The van der Waals surface area contributed by atoms with Crippen LogP contribution in [0, 0.1) is 0 Å². The normalized spacial score (nSPS) is 8.56. The van der Waals surface area contributed by atoms with Gasteiger partial charge in [-0.05, 0) is 12.1 Å². The van der Waals surface area contributed by atoms with Gasteiger partial charge in [0, 0.05) is 21.7 Å². The number of rotatable bonds is 2. The van der Waals surface area contributed by atoms with E-state index in [9.17, 15) is 0 Å². The summed E-state index contributed by atoms with van der Waals surface area (Å²) in [5, 5.41) is 0. The van der Waals surface area contributed by atoms with Gasteiger partial charge in [0.25, 0.3) is 0 Å². The SMILES string of the molecule is ClOCc1ccco1.[Ti]. The molecule has 9 heavy (non-hydrogen) atoms. The summed E-state index contributed by atoms with van der Waals surface area (Å²) < 4.78 is 9.13. The maximum atomic E-state index is 4.93. The van der Waals surface area contributed by atoms with Crippen molar-refractivity contribution in [2.75, 3.05) is 0 Å². The van der Waals surface area contributed by atoms with E-state index in [-0.39, 0.29) is 21.7 Å². The second kappa shape index (κ2) is 5.06. The van der Waals surface area contributed by atoms with Gasteiger partial charge in [-0.1, -0.05) is 0 Å². The van der Waals surface area contributed by atoms with Gasteiger partial charge in [0.15, 0.2) is 0 Å². The molecule has 1 heterocycles. The Bertz CT molecular complexity index is 141. The molecule has 0 bridgehead atoms. The molecule has 0 fully saturated rings. The molecule has 1 aromatic rings. The van der Waals surface area contributed by atoms with E-state index in [0.717, 1.165) is 5.76 Å². The minimum absolute atomic E-state index is 0. The van der Waals surface area contributed by atoms with Crippen molar-refractivity contribution in [3.63, 3.8) is 0 Å². The summed E-state index contributed by atoms with van der Waals surface area (Å²) in [5.74, 6) is 0.736. The van der Waals surface area contributed by atoms with E-state index in [0.29, 0.717) is 6.61 Å². The summed E-state index contributed by atoms with van der Waals surface area (Å²) in [4.78, 5) is 0. The van der Waals surface area contributed by atoms with Crippen LogP contribution in [0.1, 0.15) is 5.76 Å². The van der Waals surface area contributed by atoms with Crippen molar-refractivity contribution in [3.05, 3.63) is 24.2 Å². The van der Waals surface area contributed by atoms with E-state index in [2.05, 4.69) is 4.29 Å². The summed E-state index contributed by atoms with van der Waals surface area (Å²) >= 11 is 4.93. The van der Waals surface area contributed by atoms with Gasteiger partial charge in [-0.3, -0.25) is 4.29 Å². The van der Waals surface area contributed by atoms with Crippen LogP contribution in [-0.2, 0) is 32.6 Å². The Kier molecular flexibility index (Phi) is 5.20. The summed E-state index contributed by atoms with van der Waals surface area (Å²) in [6, 6.07) is 3.58. The number of hydrogen-bond acceptors (Lipinski definition) is 2. The molecule has 0 saturated carbocycles. The van der Waals surface area contributed by atoms with Gasteiger partial charge in [-0.15, -0.1) is 0 Å². The third kappa shape index (κ3) is 3.06. The zero-order valence-electron chi connectivity index (χ0n) is 4.63. The van der Waals surface area contributed by atoms with Gasteiger partial charge in [0.1, 0.15) is 12.4 Å². The average molecular weight is 180 g/mol. The third-order valence-corrected chi connectivity index (χ3v) is 0.886. The maximum Gasteiger partial charge on any atom is 0.131 e. The van der Waals surface area contributed by atoms with E-state index in [1.807, 2.05) is 0 Å². The van der Waals surface area contributed by atoms with Crippen molar-refractivity contribution in [2.45, 2.75) is 6.61 Å². The fourth-order valence-electron chi connectivity index (χ4n) is 0.448. The predicted octanol–water partition coefficient (Wildman–Crippen LogP) is 1.95. The Morgan fingerprint density at radius 1 is 1.67 bits per heavy atom. The fourth-order valence-corrected chi connectivity index (χ4v) is 0.556. The molecular formula is C5H5ClO2Ti. The van der Waals surface area contributed by atoms with Crippen molar-refractivity contribution < 1.29 is 30.4 Å². The van der Waals surface area contributed by atoms with Crippen molar-refractivity contribution in [3.8, 4) is 0 Å². The van der Waals surface area contributed by atoms with Gasteiger partial charge >= 0.3 is 0 Å². The van der Waals surface area contributed by atoms with Gasteiger partial charge in [0.2, 0.25) is 0 Å². The predicted molar refractivity (Wildman–Crippen MR) is 29.3 cm³/mol. The molecule has 0 aliphatic rings. The summed E-state index contributed by atoms with van der Waals surface area (Å²) in [5.41, 5.74) is 0. The molecule has 0 unspecified atom stereocenters. The van der Waals surface area contributed by atoms with Crippen LogP contribution in [0.15, 0.2) is 22.8 Å². The molecule has 0 aliphatic carbocycles. The molecule has 0 N–H and O–H groups in total. The minimum Gasteiger partial charge on any atom is -0.467 e. The van der Waals surface area contributed by atoms with E-state index in [1.54, 1.807) is 18.4 Å². The van der Waals surface area contributed by atoms with Crippen LogP contribution in [0.25, 0.3) is 0 Å². The van der Waals surface area contributed by atoms with Gasteiger partial charge in [-0.25, -0.2) is 0 Å². The topological polar surface area (TPSA) is 22.4 Å². The molecule has 0 radical (unpaired) electrons. The van der Waals surface area contributed by atoms with Gasteiger partial charge < -0.3 is 4.42 Å². The van der Waals surface area contributed by atoms with Crippen molar-refractivity contribution >= 4 is 11.9 Å². The fraction of sp³-hybridized carbons (Fsp3) is 0.200. The monoisotopic (exact) mass is 180 g/mol. The van der Waals surface area contributed by atoms with E-state index in [4.69, 9.17) is 16.3 Å². The molecule has 2 nitrogen and oxygen atoms in total. The molecule has 0 aromatic carbocycles. The van der Waals surface area contributed by atoms with Crippen molar-refractivity contribution in [2.24, 2.45) is 0 Å². The maximum absolute atomic E-state index is 4.93. The molecule has 0 spiro atoms. The van der Waals surface area contributed by atoms with Crippen LogP contribution in [0.4, 0.5) is 0 Å². The molecule has 0 atom stereocenters. The Hall–Kier alpha value is 0.244. The Morgan fingerprint density at radius 3 is 2.89 bits per heavy atom. The molecule has 0 saturated heterocycles. The molecule has 48 valence electrons. The van der Waals surface area contributed by atoms with E-state index in [1.165, 1.54) is 0 Å². The molecule has 0 aliphatic heterocycles. The largest absolute Gasteiger partial charge is 0.467 e. The van der Waals surface area contributed by atoms with E-state index < -0.39 is 0 Å². The van der Waals surface area contributed by atoms with E-state index >= 15 is 0 Å². The Labute approximate surface area is 73.2 Å². The molecule has 4 heteroatoms. The smallest absolute Gasteiger partial charge is 0.131 e. The quantitative estimate of drug-likeness (QED) is 0.649. The van der Waals surface area contributed by atoms with Crippen LogP contribution in [0.2, 0.25) is 0 Å². The first-order valence-corrected chi connectivity index (χ1v) is 2.50. The first-order valence-electron chi connectivity index (χ1n) is 2.19. The van der Waals surface area contributed by atoms with Crippen LogP contribution in [-0.4, -0.2) is 0 Å². The summed E-state index contributed by atoms with van der Waals surface area (Å²) in [6.45, 7) is 0.328. The number of furan rings is 1. The van der Waals surface area contributed by atoms with Crippen LogP contribution < -0.4 is 0 Å². The zero-order chi connectivity index (χ0) is 5.82. The first kappa shape index (κ1) is 9.24. The zero-order valence-corrected chi connectivity index (χ0v) is 6.95. The standard InChI is InChI=1S/C5H5ClO2.Ti/c6-8-4-5-2-1-3-7-5;/h1-3H,4H2;.